The molecular formula is C19H16N2O3S. The number of thioether (sulfide) groups is 1. The number of amides is 1. The van der Waals surface area contributed by atoms with Crippen LogP contribution >= 0.6 is 11.8 Å². The first-order valence-electron chi connectivity index (χ1n) is 7.79. The third kappa shape index (κ3) is 3.67. The molecule has 1 saturated heterocycles. The highest BCUT2D eigenvalue weighted by atomic mass is 32.2. The Hall–Kier alpha value is -2.78. The average Bonchev–Trinajstić information content (AvgIpc) is 3.08. The number of carboxylic acid groups (broad SMARTS) is 1. The maximum atomic E-state index is 12.8. The van der Waals surface area contributed by atoms with Crippen LogP contribution in [0.2, 0.25) is 0 Å². The van der Waals surface area contributed by atoms with Gasteiger partial charge in [-0.15, -0.1) is 11.8 Å². The second kappa shape index (κ2) is 7.41. The lowest BCUT2D eigenvalue weighted by Crippen LogP contribution is -2.43. The minimum absolute atomic E-state index is 0.165. The molecule has 2 aromatic carbocycles. The van der Waals surface area contributed by atoms with Crippen LogP contribution in [0, 0.1) is 11.3 Å². The molecular weight excluding hydrogens is 336 g/mol. The summed E-state index contributed by atoms with van der Waals surface area (Å²) in [6.45, 7) is 0. The first-order valence-corrected chi connectivity index (χ1v) is 8.84. The molecule has 0 saturated carbocycles. The van der Waals surface area contributed by atoms with Gasteiger partial charge >= 0.3 is 5.97 Å². The van der Waals surface area contributed by atoms with Crippen molar-refractivity contribution in [3.05, 3.63) is 71.3 Å². The van der Waals surface area contributed by atoms with E-state index in [1.165, 1.54) is 16.7 Å². The largest absolute Gasteiger partial charge is 0.480 e. The number of carbonyl (C=O) groups is 2. The minimum atomic E-state index is -0.995. The van der Waals surface area contributed by atoms with E-state index in [0.29, 0.717) is 11.3 Å². The van der Waals surface area contributed by atoms with Crippen molar-refractivity contribution in [2.45, 2.75) is 17.8 Å². The van der Waals surface area contributed by atoms with E-state index in [9.17, 15) is 14.7 Å². The number of benzene rings is 2. The summed E-state index contributed by atoms with van der Waals surface area (Å²) in [4.78, 5) is 25.9. The number of nitrogens with zero attached hydrogens (tertiary/aromatic N) is 2. The Balaban J connectivity index is 1.87. The van der Waals surface area contributed by atoms with Crippen molar-refractivity contribution < 1.29 is 14.7 Å². The van der Waals surface area contributed by atoms with Crippen molar-refractivity contribution in [3.8, 4) is 6.07 Å². The molecule has 6 heteroatoms. The molecule has 1 aliphatic rings. The summed E-state index contributed by atoms with van der Waals surface area (Å²) in [6.07, 6.45) is 0.165. The summed E-state index contributed by atoms with van der Waals surface area (Å²) in [5, 5.41) is 18.1. The molecule has 1 fully saturated rings. The zero-order valence-corrected chi connectivity index (χ0v) is 14.1. The summed E-state index contributed by atoms with van der Waals surface area (Å²) < 4.78 is 0. The van der Waals surface area contributed by atoms with E-state index in [4.69, 9.17) is 5.26 Å². The molecule has 1 unspecified atom stereocenters. The number of carbonyl (C=O) groups excluding carboxylic acids is 1. The standard InChI is InChI=1S/C19H16N2O3S/c20-11-14-6-8-15(9-7-14)18-21(16(12-25-18)19(23)24)17(22)10-13-4-2-1-3-5-13/h1-9,16,18H,10,12H2,(H,23,24)/t16-,18?/m0/s1. The smallest absolute Gasteiger partial charge is 0.327 e. The van der Waals surface area contributed by atoms with Crippen LogP contribution in [0.25, 0.3) is 0 Å². The Bertz CT molecular complexity index is 815. The lowest BCUT2D eigenvalue weighted by atomic mass is 10.1. The number of hydrogen-bond donors (Lipinski definition) is 1. The number of nitriles is 1. The minimum Gasteiger partial charge on any atom is -0.480 e. The first kappa shape index (κ1) is 17.1. The molecule has 1 amide bonds. The Morgan fingerprint density at radius 3 is 2.44 bits per heavy atom. The highest BCUT2D eigenvalue weighted by molar-refractivity contribution is 7.99. The second-order valence-corrected chi connectivity index (χ2v) is 6.85. The van der Waals surface area contributed by atoms with E-state index < -0.39 is 12.0 Å². The normalized spacial score (nSPS) is 19.4. The Labute approximate surface area is 149 Å². The van der Waals surface area contributed by atoms with Gasteiger partial charge in [-0.25, -0.2) is 4.79 Å². The molecule has 0 aliphatic carbocycles. The third-order valence-electron chi connectivity index (χ3n) is 4.10. The summed E-state index contributed by atoms with van der Waals surface area (Å²) in [7, 11) is 0. The summed E-state index contributed by atoms with van der Waals surface area (Å²) in [5.74, 6) is -0.858. The molecule has 1 heterocycles. The van der Waals surface area contributed by atoms with E-state index in [2.05, 4.69) is 6.07 Å². The van der Waals surface area contributed by atoms with Crippen LogP contribution in [0.15, 0.2) is 54.6 Å². The summed E-state index contributed by atoms with van der Waals surface area (Å²) >= 11 is 1.43. The maximum Gasteiger partial charge on any atom is 0.327 e. The zero-order valence-electron chi connectivity index (χ0n) is 13.3. The monoisotopic (exact) mass is 352 g/mol. The van der Waals surface area contributed by atoms with E-state index in [0.717, 1.165) is 11.1 Å². The van der Waals surface area contributed by atoms with Gasteiger partial charge in [0.15, 0.2) is 0 Å². The van der Waals surface area contributed by atoms with E-state index in [-0.39, 0.29) is 17.7 Å². The van der Waals surface area contributed by atoms with Crippen LogP contribution in [-0.4, -0.2) is 33.7 Å². The van der Waals surface area contributed by atoms with Crippen molar-refractivity contribution in [3.63, 3.8) is 0 Å². The van der Waals surface area contributed by atoms with Crippen LogP contribution in [0.1, 0.15) is 22.1 Å². The van der Waals surface area contributed by atoms with Gasteiger partial charge in [-0.05, 0) is 23.3 Å². The molecule has 1 aliphatic heterocycles. The predicted molar refractivity (Wildman–Crippen MR) is 94.8 cm³/mol. The molecule has 0 radical (unpaired) electrons. The maximum absolute atomic E-state index is 12.8. The third-order valence-corrected chi connectivity index (χ3v) is 5.42. The molecule has 2 aromatic rings. The van der Waals surface area contributed by atoms with Crippen LogP contribution in [-0.2, 0) is 16.0 Å². The van der Waals surface area contributed by atoms with E-state index in [1.54, 1.807) is 24.3 Å². The molecule has 0 bridgehead atoms. The molecule has 3 rings (SSSR count). The summed E-state index contributed by atoms with van der Waals surface area (Å²) in [6, 6.07) is 17.4. The quantitative estimate of drug-likeness (QED) is 0.915. The fraction of sp³-hybridized carbons (Fsp3) is 0.211. The fourth-order valence-electron chi connectivity index (χ4n) is 2.84. The Morgan fingerprint density at radius 2 is 1.84 bits per heavy atom. The zero-order chi connectivity index (χ0) is 17.8. The van der Waals surface area contributed by atoms with Crippen LogP contribution < -0.4 is 0 Å². The molecule has 0 spiro atoms. The van der Waals surface area contributed by atoms with Gasteiger partial charge in [0.2, 0.25) is 5.91 Å². The van der Waals surface area contributed by atoms with Gasteiger partial charge in [0, 0.05) is 5.75 Å². The lowest BCUT2D eigenvalue weighted by molar-refractivity contribution is -0.148. The van der Waals surface area contributed by atoms with Crippen LogP contribution in [0.3, 0.4) is 0 Å². The van der Waals surface area contributed by atoms with E-state index in [1.807, 2.05) is 30.3 Å². The van der Waals surface area contributed by atoms with Gasteiger partial charge in [-0.1, -0.05) is 42.5 Å². The van der Waals surface area contributed by atoms with Crippen LogP contribution in [0.4, 0.5) is 0 Å². The number of rotatable bonds is 4. The van der Waals surface area contributed by atoms with E-state index >= 15 is 0 Å². The fourth-order valence-corrected chi connectivity index (χ4v) is 4.28. The van der Waals surface area contributed by atoms with Crippen LogP contribution in [0.5, 0.6) is 0 Å². The number of hydrogen-bond acceptors (Lipinski definition) is 4. The molecule has 1 N–H and O–H groups in total. The number of aliphatic carboxylic acids is 1. The van der Waals surface area contributed by atoms with Crippen molar-refractivity contribution in [1.29, 1.82) is 5.26 Å². The Morgan fingerprint density at radius 1 is 1.16 bits per heavy atom. The molecule has 2 atom stereocenters. The van der Waals surface area contributed by atoms with Gasteiger partial charge < -0.3 is 10.0 Å². The number of carboxylic acids is 1. The molecule has 0 aromatic heterocycles. The van der Waals surface area contributed by atoms with Gasteiger partial charge in [0.1, 0.15) is 11.4 Å². The summed E-state index contributed by atoms with van der Waals surface area (Å²) in [5.41, 5.74) is 2.21. The predicted octanol–water partition coefficient (Wildman–Crippen LogP) is 2.83. The molecule has 25 heavy (non-hydrogen) atoms. The van der Waals surface area contributed by atoms with Gasteiger partial charge in [0.05, 0.1) is 18.1 Å². The highest BCUT2D eigenvalue weighted by Gasteiger charge is 2.42. The molecule has 126 valence electrons. The second-order valence-electron chi connectivity index (χ2n) is 5.74. The Kier molecular flexibility index (Phi) is 5.05. The first-order chi connectivity index (χ1) is 12.1. The SMILES string of the molecule is N#Cc1ccc(C2SC[C@@H](C(=O)O)N2C(=O)Cc2ccccc2)cc1. The van der Waals surface area contributed by atoms with Crippen molar-refractivity contribution in [2.75, 3.05) is 5.75 Å². The topological polar surface area (TPSA) is 81.4 Å². The van der Waals surface area contributed by atoms with Crippen molar-refractivity contribution in [1.82, 2.24) is 4.90 Å². The van der Waals surface area contributed by atoms with Gasteiger partial charge in [0.25, 0.3) is 0 Å². The van der Waals surface area contributed by atoms with Gasteiger partial charge in [-0.3, -0.25) is 4.79 Å². The van der Waals surface area contributed by atoms with Crippen molar-refractivity contribution >= 4 is 23.6 Å². The highest BCUT2D eigenvalue weighted by Crippen LogP contribution is 2.41. The average molecular weight is 352 g/mol. The molecule has 5 nitrogen and oxygen atoms in total. The van der Waals surface area contributed by atoms with Gasteiger partial charge in [-0.2, -0.15) is 5.26 Å². The van der Waals surface area contributed by atoms with Crippen molar-refractivity contribution in [2.24, 2.45) is 0 Å². The lowest BCUT2D eigenvalue weighted by Gasteiger charge is -2.27.